The van der Waals surface area contributed by atoms with E-state index in [0.29, 0.717) is 29.3 Å². The number of benzene rings is 2. The molecule has 0 fully saturated rings. The summed E-state index contributed by atoms with van der Waals surface area (Å²) in [6.07, 6.45) is 1.01. The van der Waals surface area contributed by atoms with Crippen LogP contribution in [-0.2, 0) is 21.6 Å². The summed E-state index contributed by atoms with van der Waals surface area (Å²) in [4.78, 5) is 12.2. The molecule has 4 rings (SSSR count). The molecular formula is C24H24ClFN2O3. The number of fused-ring (bicyclic) bond motifs is 1. The Balaban J connectivity index is 1.90. The Morgan fingerprint density at radius 1 is 1.32 bits per heavy atom. The van der Waals surface area contributed by atoms with Gasteiger partial charge < -0.3 is 20.5 Å². The molecule has 162 valence electrons. The van der Waals surface area contributed by atoms with Crippen LogP contribution in [0.3, 0.4) is 0 Å². The molecule has 3 atom stereocenters. The molecule has 2 aromatic rings. The minimum absolute atomic E-state index is 0.0851. The van der Waals surface area contributed by atoms with Gasteiger partial charge in [0.1, 0.15) is 11.9 Å². The first-order chi connectivity index (χ1) is 14.9. The average molecular weight is 443 g/mol. The van der Waals surface area contributed by atoms with Crippen LogP contribution in [0.25, 0.3) is 5.57 Å². The number of ether oxygens (including phenoxy) is 2. The number of nitrogens with two attached hydrogens (primary N) is 1. The standard InChI is InChI=1S/C24H24ClFN2O3/c1-28-13-24(14-6-4-3-5-7-14)12-16-18(31-24)11-9-17(25)20(16)21-15(23(27)29)8-10-19(30-2)22(21)26/h3-11,19,22,28H,12-13H2,1-2H3,(H2,27,29)/t19-,22?,24+/m0/s1. The molecule has 1 amide bonds. The number of hydrogen-bond donors (Lipinski definition) is 2. The Kier molecular flexibility index (Phi) is 5.88. The topological polar surface area (TPSA) is 73.6 Å². The number of alkyl halides is 1. The van der Waals surface area contributed by atoms with Crippen LogP contribution in [0.4, 0.5) is 4.39 Å². The number of methoxy groups -OCH3 is 1. The molecule has 2 aliphatic rings. The maximum absolute atomic E-state index is 15.6. The molecule has 0 aromatic heterocycles. The van der Waals surface area contributed by atoms with E-state index in [-0.39, 0.29) is 11.1 Å². The van der Waals surface area contributed by atoms with Crippen LogP contribution in [0.2, 0.25) is 5.02 Å². The van der Waals surface area contributed by atoms with Crippen LogP contribution >= 0.6 is 11.6 Å². The van der Waals surface area contributed by atoms with Crippen LogP contribution in [0.5, 0.6) is 5.75 Å². The first-order valence-corrected chi connectivity index (χ1v) is 10.4. The van der Waals surface area contributed by atoms with Gasteiger partial charge in [-0.15, -0.1) is 0 Å². The quantitative estimate of drug-likeness (QED) is 0.717. The minimum Gasteiger partial charge on any atom is -0.481 e. The van der Waals surface area contributed by atoms with Gasteiger partial charge in [0.05, 0.1) is 0 Å². The Labute approximate surface area is 185 Å². The molecule has 1 heterocycles. The summed E-state index contributed by atoms with van der Waals surface area (Å²) in [5.74, 6) is -0.119. The van der Waals surface area contributed by atoms with Crippen molar-refractivity contribution in [2.75, 3.05) is 20.7 Å². The van der Waals surface area contributed by atoms with E-state index < -0.39 is 23.8 Å². The predicted molar refractivity (Wildman–Crippen MR) is 119 cm³/mol. The third kappa shape index (κ3) is 3.65. The number of carbonyl (C=O) groups excluding carboxylic acids is 1. The van der Waals surface area contributed by atoms with E-state index in [1.807, 2.05) is 37.4 Å². The van der Waals surface area contributed by atoms with Gasteiger partial charge in [-0.1, -0.05) is 54.1 Å². The highest BCUT2D eigenvalue weighted by Crippen LogP contribution is 2.48. The molecule has 5 nitrogen and oxygen atoms in total. The normalized spacial score (nSPS) is 24.8. The Bertz CT molecular complexity index is 1070. The largest absolute Gasteiger partial charge is 0.481 e. The van der Waals surface area contributed by atoms with Crippen LogP contribution in [0, 0.1) is 0 Å². The van der Waals surface area contributed by atoms with E-state index in [9.17, 15) is 4.79 Å². The van der Waals surface area contributed by atoms with Crippen molar-refractivity contribution in [1.29, 1.82) is 0 Å². The molecule has 0 saturated heterocycles. The Morgan fingerprint density at radius 3 is 2.71 bits per heavy atom. The first-order valence-electron chi connectivity index (χ1n) is 10.0. The van der Waals surface area contributed by atoms with E-state index in [4.69, 9.17) is 26.8 Å². The summed E-state index contributed by atoms with van der Waals surface area (Å²) >= 11 is 6.59. The lowest BCUT2D eigenvalue weighted by molar-refractivity contribution is -0.114. The summed E-state index contributed by atoms with van der Waals surface area (Å²) in [7, 11) is 3.27. The second kappa shape index (κ2) is 8.46. The van der Waals surface area contributed by atoms with E-state index >= 15 is 4.39 Å². The van der Waals surface area contributed by atoms with Gasteiger partial charge in [-0.2, -0.15) is 0 Å². The number of halogens is 2. The van der Waals surface area contributed by atoms with Gasteiger partial charge in [0.2, 0.25) is 5.91 Å². The summed E-state index contributed by atoms with van der Waals surface area (Å²) in [5.41, 5.74) is 7.30. The molecule has 0 bridgehead atoms. The van der Waals surface area contributed by atoms with Gasteiger partial charge in [-0.25, -0.2) is 4.39 Å². The van der Waals surface area contributed by atoms with Crippen molar-refractivity contribution < 1.29 is 18.7 Å². The second-order valence-corrected chi connectivity index (χ2v) is 8.13. The summed E-state index contributed by atoms with van der Waals surface area (Å²) in [6.45, 7) is 0.532. The third-order valence-corrected chi connectivity index (χ3v) is 6.18. The molecule has 0 saturated carbocycles. The first kappa shape index (κ1) is 21.6. The van der Waals surface area contributed by atoms with Crippen LogP contribution in [-0.4, -0.2) is 38.9 Å². The lowest BCUT2D eigenvalue weighted by Crippen LogP contribution is -2.41. The molecule has 3 N–H and O–H groups in total. The lowest BCUT2D eigenvalue weighted by atomic mass is 9.82. The Morgan fingerprint density at radius 2 is 2.06 bits per heavy atom. The van der Waals surface area contributed by atoms with Crippen LogP contribution in [0.1, 0.15) is 16.7 Å². The van der Waals surface area contributed by atoms with Crippen LogP contribution < -0.4 is 15.8 Å². The number of hydrogen-bond acceptors (Lipinski definition) is 4. The molecule has 0 spiro atoms. The highest BCUT2D eigenvalue weighted by Gasteiger charge is 2.44. The van der Waals surface area contributed by atoms with Gasteiger partial charge in [0, 0.05) is 47.4 Å². The zero-order valence-electron chi connectivity index (χ0n) is 17.3. The number of rotatable bonds is 6. The predicted octanol–water partition coefficient (Wildman–Crippen LogP) is 3.55. The van der Waals surface area contributed by atoms with Crippen molar-refractivity contribution >= 4 is 23.1 Å². The van der Waals surface area contributed by atoms with Gasteiger partial charge in [0.15, 0.2) is 11.8 Å². The highest BCUT2D eigenvalue weighted by atomic mass is 35.5. The SMILES string of the molecule is CNC[C@@]1(c2ccccc2)Cc2c(ccc(Cl)c2C2=C(C(N)=O)C=C[C@H](OC)C2F)O1. The molecule has 2 aromatic carbocycles. The maximum Gasteiger partial charge on any atom is 0.249 e. The molecular weight excluding hydrogens is 419 g/mol. The number of primary amides is 1. The Hall–Kier alpha value is -2.67. The number of likely N-dealkylation sites (N-methyl/N-ethyl adjacent to an activating group) is 1. The molecule has 1 aliphatic heterocycles. The number of nitrogens with one attached hydrogen (secondary N) is 1. The second-order valence-electron chi connectivity index (χ2n) is 7.72. The lowest BCUT2D eigenvalue weighted by Gasteiger charge is -2.29. The average Bonchev–Trinajstić information content (AvgIpc) is 3.14. The van der Waals surface area contributed by atoms with Gasteiger partial charge >= 0.3 is 0 Å². The van der Waals surface area contributed by atoms with Crippen molar-refractivity contribution in [2.45, 2.75) is 24.3 Å². The molecule has 31 heavy (non-hydrogen) atoms. The minimum atomic E-state index is -1.60. The van der Waals surface area contributed by atoms with Crippen molar-refractivity contribution in [1.82, 2.24) is 5.32 Å². The number of carbonyl (C=O) groups is 1. The fraction of sp³-hybridized carbons (Fsp3) is 0.292. The molecule has 1 aliphatic carbocycles. The summed E-state index contributed by atoms with van der Waals surface area (Å²) < 4.78 is 27.3. The smallest absolute Gasteiger partial charge is 0.249 e. The zero-order chi connectivity index (χ0) is 22.2. The van der Waals surface area contributed by atoms with Gasteiger partial charge in [-0.05, 0) is 24.7 Å². The van der Waals surface area contributed by atoms with Crippen molar-refractivity contribution in [2.24, 2.45) is 5.73 Å². The molecule has 0 radical (unpaired) electrons. The van der Waals surface area contributed by atoms with Crippen molar-refractivity contribution in [3.63, 3.8) is 0 Å². The van der Waals surface area contributed by atoms with E-state index in [1.165, 1.54) is 19.3 Å². The summed E-state index contributed by atoms with van der Waals surface area (Å²) in [6, 6.07) is 13.3. The third-order valence-electron chi connectivity index (χ3n) is 5.86. The van der Waals surface area contributed by atoms with Gasteiger partial charge in [-0.3, -0.25) is 4.79 Å². The van der Waals surface area contributed by atoms with E-state index in [0.717, 1.165) is 11.1 Å². The number of amides is 1. The maximum atomic E-state index is 15.6. The van der Waals surface area contributed by atoms with Crippen molar-refractivity contribution in [3.8, 4) is 5.75 Å². The summed E-state index contributed by atoms with van der Waals surface area (Å²) in [5, 5.41) is 3.53. The van der Waals surface area contributed by atoms with E-state index in [2.05, 4.69) is 5.32 Å². The fourth-order valence-corrected chi connectivity index (χ4v) is 4.74. The fourth-order valence-electron chi connectivity index (χ4n) is 4.46. The van der Waals surface area contributed by atoms with Gasteiger partial charge in [0.25, 0.3) is 0 Å². The van der Waals surface area contributed by atoms with E-state index in [1.54, 1.807) is 12.1 Å². The molecule has 7 heteroatoms. The van der Waals surface area contributed by atoms with Crippen LogP contribution in [0.15, 0.2) is 60.2 Å². The zero-order valence-corrected chi connectivity index (χ0v) is 18.1. The highest BCUT2D eigenvalue weighted by molar-refractivity contribution is 6.33. The van der Waals surface area contributed by atoms with Crippen molar-refractivity contribution in [3.05, 3.63) is 81.9 Å². The monoisotopic (exact) mass is 442 g/mol. The molecule has 1 unspecified atom stereocenters.